The second-order valence-corrected chi connectivity index (χ2v) is 5.18. The molecule has 2 aromatic rings. The van der Waals surface area contributed by atoms with E-state index in [1.165, 1.54) is 0 Å². The van der Waals surface area contributed by atoms with Crippen molar-refractivity contribution in [3.05, 3.63) is 30.3 Å². The fourth-order valence-corrected chi connectivity index (χ4v) is 2.52. The molecule has 0 spiro atoms. The third-order valence-electron chi connectivity index (χ3n) is 3.22. The molecule has 106 valence electrons. The molecule has 1 saturated heterocycles. The Morgan fingerprint density at radius 2 is 2.05 bits per heavy atom. The van der Waals surface area contributed by atoms with Gasteiger partial charge in [0.25, 0.3) is 0 Å². The molecule has 0 radical (unpaired) electrons. The van der Waals surface area contributed by atoms with Gasteiger partial charge in [-0.2, -0.15) is 4.98 Å². The van der Waals surface area contributed by atoms with Crippen LogP contribution in [0.3, 0.4) is 0 Å². The molecule has 6 nitrogen and oxygen atoms in total. The van der Waals surface area contributed by atoms with Crippen molar-refractivity contribution in [2.45, 2.75) is 32.6 Å². The Bertz CT molecular complexity index is 547. The van der Waals surface area contributed by atoms with Crippen LogP contribution in [0.25, 0.3) is 11.5 Å². The molecule has 1 aliphatic heterocycles. The van der Waals surface area contributed by atoms with Crippen molar-refractivity contribution in [3.8, 4) is 11.5 Å². The van der Waals surface area contributed by atoms with Gasteiger partial charge in [-0.3, -0.25) is 9.88 Å². The van der Waals surface area contributed by atoms with E-state index in [2.05, 4.69) is 33.9 Å². The normalized spacial score (nSPS) is 23.9. The molecule has 0 saturated carbocycles. The minimum Gasteiger partial charge on any atom is -0.373 e. The minimum absolute atomic E-state index is 0.233. The molecule has 0 aromatic carbocycles. The van der Waals surface area contributed by atoms with Crippen LogP contribution in [0.4, 0.5) is 0 Å². The zero-order valence-electron chi connectivity index (χ0n) is 11.7. The van der Waals surface area contributed by atoms with Gasteiger partial charge in [0.05, 0.1) is 18.8 Å². The number of aromatic nitrogens is 3. The molecule has 3 rings (SSSR count). The van der Waals surface area contributed by atoms with E-state index < -0.39 is 0 Å². The number of ether oxygens (including phenoxy) is 1. The SMILES string of the molecule is C[C@@H]1CN(Cc2nc(-c3ccccn3)no2)C[C@H](C)O1. The van der Waals surface area contributed by atoms with Gasteiger partial charge in [-0.15, -0.1) is 0 Å². The molecule has 0 N–H and O–H groups in total. The van der Waals surface area contributed by atoms with E-state index in [4.69, 9.17) is 9.26 Å². The van der Waals surface area contributed by atoms with Crippen LogP contribution in [-0.2, 0) is 11.3 Å². The number of morpholine rings is 1. The minimum atomic E-state index is 0.233. The van der Waals surface area contributed by atoms with Gasteiger partial charge in [-0.05, 0) is 26.0 Å². The van der Waals surface area contributed by atoms with Gasteiger partial charge in [0, 0.05) is 19.3 Å². The van der Waals surface area contributed by atoms with Crippen molar-refractivity contribution in [2.75, 3.05) is 13.1 Å². The Hall–Kier alpha value is -1.79. The summed E-state index contributed by atoms with van der Waals surface area (Å²) < 4.78 is 11.0. The van der Waals surface area contributed by atoms with Crippen molar-refractivity contribution in [3.63, 3.8) is 0 Å². The highest BCUT2D eigenvalue weighted by Gasteiger charge is 2.23. The lowest BCUT2D eigenvalue weighted by Gasteiger charge is -2.34. The molecule has 1 fully saturated rings. The zero-order valence-corrected chi connectivity index (χ0v) is 11.7. The third kappa shape index (κ3) is 3.02. The summed E-state index contributed by atoms with van der Waals surface area (Å²) in [6.07, 6.45) is 2.19. The summed E-state index contributed by atoms with van der Waals surface area (Å²) in [5.74, 6) is 1.15. The first-order valence-corrected chi connectivity index (χ1v) is 6.82. The smallest absolute Gasteiger partial charge is 0.241 e. The predicted molar refractivity (Wildman–Crippen MR) is 72.8 cm³/mol. The summed E-state index contributed by atoms with van der Waals surface area (Å²) >= 11 is 0. The largest absolute Gasteiger partial charge is 0.373 e. The molecule has 20 heavy (non-hydrogen) atoms. The molecule has 1 aliphatic rings. The van der Waals surface area contributed by atoms with E-state index in [1.807, 2.05) is 18.2 Å². The number of nitrogens with zero attached hydrogens (tertiary/aromatic N) is 4. The Labute approximate surface area is 117 Å². The second-order valence-electron chi connectivity index (χ2n) is 5.18. The maximum atomic E-state index is 5.71. The molecule has 0 amide bonds. The summed E-state index contributed by atoms with van der Waals surface area (Å²) in [5.41, 5.74) is 0.728. The number of hydrogen-bond acceptors (Lipinski definition) is 6. The van der Waals surface area contributed by atoms with Crippen LogP contribution >= 0.6 is 0 Å². The molecule has 2 aromatic heterocycles. The highest BCUT2D eigenvalue weighted by atomic mass is 16.5. The van der Waals surface area contributed by atoms with Crippen LogP contribution in [0.1, 0.15) is 19.7 Å². The lowest BCUT2D eigenvalue weighted by molar-refractivity contribution is -0.0725. The molecule has 2 atom stereocenters. The van der Waals surface area contributed by atoms with Crippen molar-refractivity contribution in [1.82, 2.24) is 20.0 Å². The standard InChI is InChI=1S/C14H18N4O2/c1-10-7-18(8-11(2)19-10)9-13-16-14(17-20-13)12-5-3-4-6-15-12/h3-6,10-11H,7-9H2,1-2H3/t10-,11+. The van der Waals surface area contributed by atoms with Crippen LogP contribution in [-0.4, -0.2) is 45.3 Å². The first-order valence-electron chi connectivity index (χ1n) is 6.82. The van der Waals surface area contributed by atoms with Crippen LogP contribution in [0, 0.1) is 0 Å². The van der Waals surface area contributed by atoms with E-state index in [-0.39, 0.29) is 12.2 Å². The predicted octanol–water partition coefficient (Wildman–Crippen LogP) is 1.74. The summed E-state index contributed by atoms with van der Waals surface area (Å²) in [4.78, 5) is 10.9. The summed E-state index contributed by atoms with van der Waals surface area (Å²) in [6.45, 7) is 6.57. The van der Waals surface area contributed by atoms with E-state index in [0.717, 1.165) is 18.8 Å². The fourth-order valence-electron chi connectivity index (χ4n) is 2.52. The Morgan fingerprint density at radius 1 is 1.25 bits per heavy atom. The highest BCUT2D eigenvalue weighted by molar-refractivity contribution is 5.46. The lowest BCUT2D eigenvalue weighted by Crippen LogP contribution is -2.44. The highest BCUT2D eigenvalue weighted by Crippen LogP contribution is 2.16. The summed E-state index contributed by atoms with van der Waals surface area (Å²) in [7, 11) is 0. The Kier molecular flexibility index (Phi) is 3.75. The van der Waals surface area contributed by atoms with Crippen LogP contribution in [0.2, 0.25) is 0 Å². The topological polar surface area (TPSA) is 64.3 Å². The molecule has 6 heteroatoms. The van der Waals surface area contributed by atoms with Crippen LogP contribution < -0.4 is 0 Å². The van der Waals surface area contributed by atoms with Gasteiger partial charge >= 0.3 is 0 Å². The molecular formula is C14H18N4O2. The molecule has 0 aliphatic carbocycles. The maximum Gasteiger partial charge on any atom is 0.241 e. The first kappa shape index (κ1) is 13.2. The van der Waals surface area contributed by atoms with Gasteiger partial charge in [0.15, 0.2) is 0 Å². The summed E-state index contributed by atoms with van der Waals surface area (Å²) in [5, 5.41) is 3.98. The number of rotatable bonds is 3. The monoisotopic (exact) mass is 274 g/mol. The lowest BCUT2D eigenvalue weighted by atomic mass is 10.2. The van der Waals surface area contributed by atoms with Gasteiger partial charge in [0.1, 0.15) is 5.69 Å². The van der Waals surface area contributed by atoms with Crippen molar-refractivity contribution in [2.24, 2.45) is 0 Å². The average molecular weight is 274 g/mol. The quantitative estimate of drug-likeness (QED) is 0.849. The van der Waals surface area contributed by atoms with Crippen molar-refractivity contribution >= 4 is 0 Å². The Balaban J connectivity index is 1.68. The third-order valence-corrected chi connectivity index (χ3v) is 3.22. The molecule has 0 unspecified atom stereocenters. The number of pyridine rings is 1. The van der Waals surface area contributed by atoms with Gasteiger partial charge in [-0.25, -0.2) is 0 Å². The number of hydrogen-bond donors (Lipinski definition) is 0. The van der Waals surface area contributed by atoms with E-state index in [1.54, 1.807) is 6.20 Å². The zero-order chi connectivity index (χ0) is 13.9. The molecule has 3 heterocycles. The Morgan fingerprint density at radius 3 is 2.75 bits per heavy atom. The second kappa shape index (κ2) is 5.68. The van der Waals surface area contributed by atoms with E-state index in [0.29, 0.717) is 18.3 Å². The van der Waals surface area contributed by atoms with Crippen molar-refractivity contribution < 1.29 is 9.26 Å². The maximum absolute atomic E-state index is 5.71. The summed E-state index contributed by atoms with van der Waals surface area (Å²) in [6, 6.07) is 5.64. The van der Waals surface area contributed by atoms with E-state index >= 15 is 0 Å². The molecule has 0 bridgehead atoms. The average Bonchev–Trinajstić information content (AvgIpc) is 2.87. The van der Waals surface area contributed by atoms with Crippen LogP contribution in [0.15, 0.2) is 28.9 Å². The van der Waals surface area contributed by atoms with Crippen molar-refractivity contribution in [1.29, 1.82) is 0 Å². The fraction of sp³-hybridized carbons (Fsp3) is 0.500. The van der Waals surface area contributed by atoms with Gasteiger partial charge in [0.2, 0.25) is 11.7 Å². The first-order chi connectivity index (χ1) is 9.70. The van der Waals surface area contributed by atoms with Gasteiger partial charge < -0.3 is 9.26 Å². The van der Waals surface area contributed by atoms with Gasteiger partial charge in [-0.1, -0.05) is 11.2 Å². The van der Waals surface area contributed by atoms with E-state index in [9.17, 15) is 0 Å². The van der Waals surface area contributed by atoms with Crippen LogP contribution in [0.5, 0.6) is 0 Å². The molecular weight excluding hydrogens is 256 g/mol.